The summed E-state index contributed by atoms with van der Waals surface area (Å²) in [5.41, 5.74) is 5.01. The Bertz CT molecular complexity index is 756. The van der Waals surface area contributed by atoms with Crippen molar-refractivity contribution in [3.63, 3.8) is 0 Å². The fourth-order valence-corrected chi connectivity index (χ4v) is 2.38. The third kappa shape index (κ3) is 3.53. The highest BCUT2D eigenvalue weighted by molar-refractivity contribution is 5.98. The van der Waals surface area contributed by atoms with Gasteiger partial charge in [0.1, 0.15) is 17.3 Å². The number of aryl methyl sites for hydroxylation is 1. The van der Waals surface area contributed by atoms with Crippen LogP contribution in [-0.4, -0.2) is 11.8 Å². The summed E-state index contributed by atoms with van der Waals surface area (Å²) in [4.78, 5) is 23.5. The zero-order valence-electron chi connectivity index (χ0n) is 13.0. The standard InChI is InChI=1S/C17H18N2O4/c1-10-9-14(10)15-5-3-12(23-15)4-6-16(20)18-19-17(21)13-7-8-22-11(13)2/h3-8,10,14H,9H2,1-2H3,(H,18,20)(H,19,21)/b6-4+. The zero-order valence-corrected chi connectivity index (χ0v) is 13.0. The molecule has 0 spiro atoms. The van der Waals surface area contributed by atoms with Gasteiger partial charge in [0.05, 0.1) is 11.8 Å². The number of hydrogen-bond donors (Lipinski definition) is 2. The van der Waals surface area contributed by atoms with Gasteiger partial charge in [-0.05, 0) is 43.5 Å². The number of nitrogens with one attached hydrogen (secondary N) is 2. The minimum atomic E-state index is -0.447. The maximum Gasteiger partial charge on any atom is 0.273 e. The predicted molar refractivity (Wildman–Crippen MR) is 83.3 cm³/mol. The third-order valence-corrected chi connectivity index (χ3v) is 3.92. The second-order valence-electron chi connectivity index (χ2n) is 5.73. The lowest BCUT2D eigenvalue weighted by Gasteiger charge is -2.03. The summed E-state index contributed by atoms with van der Waals surface area (Å²) in [6.45, 7) is 3.85. The SMILES string of the molecule is Cc1occc1C(=O)NNC(=O)/C=C/c1ccc(C2CC2C)o1. The Balaban J connectivity index is 1.50. The summed E-state index contributed by atoms with van der Waals surface area (Å²) in [6, 6.07) is 5.31. The van der Waals surface area contributed by atoms with Crippen LogP contribution in [0.2, 0.25) is 0 Å². The first-order valence-electron chi connectivity index (χ1n) is 7.47. The van der Waals surface area contributed by atoms with Gasteiger partial charge in [-0.15, -0.1) is 0 Å². The molecule has 120 valence electrons. The largest absolute Gasteiger partial charge is 0.469 e. The van der Waals surface area contributed by atoms with E-state index in [1.807, 2.05) is 12.1 Å². The van der Waals surface area contributed by atoms with Gasteiger partial charge in [0, 0.05) is 12.0 Å². The number of amides is 2. The predicted octanol–water partition coefficient (Wildman–Crippen LogP) is 2.78. The molecule has 2 unspecified atom stereocenters. The molecule has 2 atom stereocenters. The normalized spacial score (nSPS) is 19.7. The van der Waals surface area contributed by atoms with Crippen molar-refractivity contribution in [2.75, 3.05) is 0 Å². The van der Waals surface area contributed by atoms with Gasteiger partial charge in [-0.25, -0.2) is 0 Å². The molecular formula is C17H18N2O4. The van der Waals surface area contributed by atoms with Gasteiger partial charge in [-0.2, -0.15) is 0 Å². The molecule has 23 heavy (non-hydrogen) atoms. The minimum absolute atomic E-state index is 0.378. The van der Waals surface area contributed by atoms with Crippen molar-refractivity contribution in [3.8, 4) is 0 Å². The van der Waals surface area contributed by atoms with E-state index in [1.54, 1.807) is 13.0 Å². The van der Waals surface area contributed by atoms with Crippen molar-refractivity contribution < 1.29 is 18.4 Å². The van der Waals surface area contributed by atoms with E-state index in [0.717, 1.165) is 12.2 Å². The number of carbonyl (C=O) groups is 2. The van der Waals surface area contributed by atoms with E-state index in [-0.39, 0.29) is 0 Å². The molecule has 6 heteroatoms. The molecule has 2 aromatic rings. The van der Waals surface area contributed by atoms with E-state index < -0.39 is 11.8 Å². The molecule has 2 aromatic heterocycles. The van der Waals surface area contributed by atoms with Crippen LogP contribution in [0.5, 0.6) is 0 Å². The van der Waals surface area contributed by atoms with Crippen molar-refractivity contribution in [1.29, 1.82) is 0 Å². The lowest BCUT2D eigenvalue weighted by Crippen LogP contribution is -2.40. The molecule has 0 saturated heterocycles. The summed E-state index contributed by atoms with van der Waals surface area (Å²) in [7, 11) is 0. The summed E-state index contributed by atoms with van der Waals surface area (Å²) in [5, 5.41) is 0. The van der Waals surface area contributed by atoms with Gasteiger partial charge in [-0.1, -0.05) is 6.92 Å². The van der Waals surface area contributed by atoms with Crippen LogP contribution in [0.15, 0.2) is 39.4 Å². The Morgan fingerprint density at radius 1 is 1.26 bits per heavy atom. The summed E-state index contributed by atoms with van der Waals surface area (Å²) in [6.07, 6.45) is 5.44. The summed E-state index contributed by atoms with van der Waals surface area (Å²) >= 11 is 0. The van der Waals surface area contributed by atoms with E-state index in [1.165, 1.54) is 18.4 Å². The number of hydrazine groups is 1. The van der Waals surface area contributed by atoms with Gasteiger partial charge >= 0.3 is 0 Å². The number of furan rings is 2. The van der Waals surface area contributed by atoms with Crippen LogP contribution in [0.25, 0.3) is 6.08 Å². The highest BCUT2D eigenvalue weighted by Crippen LogP contribution is 2.47. The third-order valence-electron chi connectivity index (χ3n) is 3.92. The highest BCUT2D eigenvalue weighted by atomic mass is 16.3. The number of hydrogen-bond acceptors (Lipinski definition) is 4. The minimum Gasteiger partial charge on any atom is -0.469 e. The Hall–Kier alpha value is -2.76. The molecule has 0 aromatic carbocycles. The Morgan fingerprint density at radius 2 is 2.04 bits per heavy atom. The lowest BCUT2D eigenvalue weighted by molar-refractivity contribution is -0.117. The van der Waals surface area contributed by atoms with Crippen LogP contribution in [0, 0.1) is 12.8 Å². The smallest absolute Gasteiger partial charge is 0.273 e. The van der Waals surface area contributed by atoms with Crippen LogP contribution in [0.4, 0.5) is 0 Å². The lowest BCUT2D eigenvalue weighted by atomic mass is 10.2. The topological polar surface area (TPSA) is 84.5 Å². The monoisotopic (exact) mass is 314 g/mol. The first-order valence-corrected chi connectivity index (χ1v) is 7.47. The van der Waals surface area contributed by atoms with Gasteiger partial charge in [0.25, 0.3) is 11.8 Å². The average molecular weight is 314 g/mol. The van der Waals surface area contributed by atoms with E-state index in [9.17, 15) is 9.59 Å². The molecule has 1 saturated carbocycles. The quantitative estimate of drug-likeness (QED) is 0.671. The maximum absolute atomic E-state index is 11.8. The second kappa shape index (κ2) is 6.16. The van der Waals surface area contributed by atoms with Crippen molar-refractivity contribution in [3.05, 3.63) is 53.4 Å². The molecule has 0 aliphatic heterocycles. The fourth-order valence-electron chi connectivity index (χ4n) is 2.38. The summed E-state index contributed by atoms with van der Waals surface area (Å²) in [5.74, 6) is 2.36. The number of rotatable bonds is 4. The fraction of sp³-hybridized carbons (Fsp3) is 0.294. The number of carbonyl (C=O) groups excluding carboxylic acids is 2. The molecule has 2 heterocycles. The molecule has 0 bridgehead atoms. The molecular weight excluding hydrogens is 296 g/mol. The van der Waals surface area contributed by atoms with Gasteiger partial charge in [0.15, 0.2) is 0 Å². The van der Waals surface area contributed by atoms with E-state index in [0.29, 0.717) is 28.9 Å². The van der Waals surface area contributed by atoms with E-state index >= 15 is 0 Å². The molecule has 1 aliphatic carbocycles. The molecule has 1 aliphatic rings. The molecule has 1 fully saturated rings. The van der Waals surface area contributed by atoms with Crippen molar-refractivity contribution in [2.45, 2.75) is 26.2 Å². The highest BCUT2D eigenvalue weighted by Gasteiger charge is 2.36. The van der Waals surface area contributed by atoms with Crippen molar-refractivity contribution in [1.82, 2.24) is 10.9 Å². The van der Waals surface area contributed by atoms with Crippen LogP contribution >= 0.6 is 0 Å². The van der Waals surface area contributed by atoms with Crippen LogP contribution in [-0.2, 0) is 4.79 Å². The Kier molecular flexibility index (Phi) is 4.06. The molecule has 2 N–H and O–H groups in total. The first kappa shape index (κ1) is 15.1. The van der Waals surface area contributed by atoms with Crippen LogP contribution < -0.4 is 10.9 Å². The van der Waals surface area contributed by atoms with E-state index in [4.69, 9.17) is 8.83 Å². The van der Waals surface area contributed by atoms with Crippen molar-refractivity contribution in [2.24, 2.45) is 5.92 Å². The average Bonchev–Trinajstić information content (AvgIpc) is 2.93. The molecule has 6 nitrogen and oxygen atoms in total. The van der Waals surface area contributed by atoms with E-state index in [2.05, 4.69) is 17.8 Å². The Morgan fingerprint density at radius 3 is 2.70 bits per heavy atom. The van der Waals surface area contributed by atoms with Crippen LogP contribution in [0.3, 0.4) is 0 Å². The zero-order chi connectivity index (χ0) is 16.4. The summed E-state index contributed by atoms with van der Waals surface area (Å²) < 4.78 is 10.7. The van der Waals surface area contributed by atoms with Crippen LogP contribution in [0.1, 0.15) is 46.9 Å². The molecule has 0 radical (unpaired) electrons. The second-order valence-corrected chi connectivity index (χ2v) is 5.73. The molecule has 3 rings (SSSR count). The van der Waals surface area contributed by atoms with Gasteiger partial charge in [-0.3, -0.25) is 20.4 Å². The first-order chi connectivity index (χ1) is 11.0. The Labute approximate surface area is 133 Å². The maximum atomic E-state index is 11.8. The van der Waals surface area contributed by atoms with Crippen molar-refractivity contribution >= 4 is 17.9 Å². The molecule has 2 amide bonds. The van der Waals surface area contributed by atoms with Gasteiger partial charge in [0.2, 0.25) is 0 Å². The van der Waals surface area contributed by atoms with Gasteiger partial charge < -0.3 is 8.83 Å².